The second-order valence-corrected chi connectivity index (χ2v) is 23.6. The van der Waals surface area contributed by atoms with Crippen molar-refractivity contribution in [1.29, 1.82) is 0 Å². The molecule has 10 rings (SSSR count). The van der Waals surface area contributed by atoms with Crippen molar-refractivity contribution < 1.29 is 7.85 Å². The quantitative estimate of drug-likeness (QED) is 0.149. The van der Waals surface area contributed by atoms with E-state index in [4.69, 9.17) is 12.7 Å². The molecule has 0 amide bonds. The van der Waals surface area contributed by atoms with E-state index in [2.05, 4.69) is 182 Å². The zero-order valence-electron chi connectivity index (χ0n) is 45.1. The van der Waals surface area contributed by atoms with Crippen molar-refractivity contribution in [3.8, 4) is 67.5 Å². The molecular formula is C66H73N3O. The number of fused-ring (bicyclic) bond motifs is 1. The van der Waals surface area contributed by atoms with Gasteiger partial charge in [0.25, 0.3) is 0 Å². The summed E-state index contributed by atoms with van der Waals surface area (Å²) in [5, 5.41) is 12.7. The minimum atomic E-state index is -1.34. The lowest BCUT2D eigenvalue weighted by atomic mass is 9.79. The van der Waals surface area contributed by atoms with Crippen molar-refractivity contribution >= 4 is 11.0 Å². The predicted molar refractivity (Wildman–Crippen MR) is 295 cm³/mol. The molecule has 2 aliphatic carbocycles. The van der Waals surface area contributed by atoms with Gasteiger partial charge in [0.2, 0.25) is 0 Å². The lowest BCUT2D eigenvalue weighted by molar-refractivity contribution is 0.446. The highest BCUT2D eigenvalue weighted by atomic mass is 16.3. The van der Waals surface area contributed by atoms with E-state index in [0.717, 1.165) is 116 Å². The number of hydrogen-bond acceptors (Lipinski definition) is 3. The Morgan fingerprint density at radius 1 is 0.543 bits per heavy atom. The zero-order valence-corrected chi connectivity index (χ0v) is 43.1. The third-order valence-corrected chi connectivity index (χ3v) is 15.2. The number of aromatic nitrogens is 3. The smallest absolute Gasteiger partial charge is 0.149 e. The third-order valence-electron chi connectivity index (χ3n) is 15.2. The van der Waals surface area contributed by atoms with Gasteiger partial charge in [0.15, 0.2) is 0 Å². The molecule has 6 aromatic carbocycles. The lowest BCUT2D eigenvalue weighted by Gasteiger charge is -2.27. The van der Waals surface area contributed by atoms with Crippen molar-refractivity contribution in [1.82, 2.24) is 14.5 Å². The number of nitrogens with zero attached hydrogens (tertiary/aromatic N) is 3. The Bertz CT molecular complexity index is 3260. The molecule has 0 bridgehead atoms. The fourth-order valence-electron chi connectivity index (χ4n) is 11.1. The van der Waals surface area contributed by atoms with Gasteiger partial charge >= 0.3 is 0 Å². The largest absolute Gasteiger partial charge is 0.507 e. The van der Waals surface area contributed by atoms with E-state index in [0.29, 0.717) is 11.7 Å². The van der Waals surface area contributed by atoms with Crippen LogP contribution >= 0.6 is 0 Å². The highest BCUT2D eigenvalue weighted by Crippen LogP contribution is 2.46. The van der Waals surface area contributed by atoms with Gasteiger partial charge in [0.05, 0.1) is 28.0 Å². The summed E-state index contributed by atoms with van der Waals surface area (Å²) >= 11 is 0. The Morgan fingerprint density at radius 2 is 1.20 bits per heavy atom. The highest BCUT2D eigenvalue weighted by molar-refractivity contribution is 5.98. The fraction of sp³-hybridized carbons (Fsp3) is 0.364. The van der Waals surface area contributed by atoms with Crippen molar-refractivity contribution in [2.75, 3.05) is 0 Å². The van der Waals surface area contributed by atoms with E-state index in [-0.39, 0.29) is 27.9 Å². The summed E-state index contributed by atoms with van der Waals surface area (Å²) in [6.45, 7) is 20.0. The van der Waals surface area contributed by atoms with Gasteiger partial charge in [-0.05, 0) is 134 Å². The molecule has 4 nitrogen and oxygen atoms in total. The van der Waals surface area contributed by atoms with E-state index in [1.165, 1.54) is 36.8 Å². The third kappa shape index (κ3) is 9.76. The van der Waals surface area contributed by atoms with Crippen molar-refractivity contribution in [3.05, 3.63) is 167 Å². The van der Waals surface area contributed by atoms with E-state index in [1.54, 1.807) is 0 Å². The minimum absolute atomic E-state index is 0.0730. The summed E-state index contributed by atoms with van der Waals surface area (Å²) in [6.07, 6.45) is 10.9. The Kier molecular flexibility index (Phi) is 12.1. The first-order valence-corrected chi connectivity index (χ1v) is 26.1. The van der Waals surface area contributed by atoms with E-state index in [9.17, 15) is 5.11 Å². The molecule has 2 heterocycles. The average Bonchev–Trinajstić information content (AvgIpc) is 4.17. The maximum absolute atomic E-state index is 12.7. The van der Waals surface area contributed by atoms with Gasteiger partial charge in [0, 0.05) is 31.2 Å². The number of benzene rings is 6. The van der Waals surface area contributed by atoms with Gasteiger partial charge in [-0.1, -0.05) is 199 Å². The standard InChI is InChI=1S/C66H73N3O/c1-64(2,3)52-38-50(37-51(39-52)58-40-49(32-33-67-58)47-29-26-45(27-30-47)34-43-18-13-14-19-43)54-24-17-25-60-61(54)68-63(56-41-53(65(4,5)6)42-57(62(56)70)66(7,8)9)69(60)59-31-28-46(35-44-20-15-16-21-44)36-55(59)48-22-11-10-12-23-48/h10-12,17,22-33,36-44,70H,13-16,18-21,34-35H2,1-9H3/i34D2. The first kappa shape index (κ1) is 44.9. The zero-order chi connectivity index (χ0) is 50.7. The van der Waals surface area contributed by atoms with Crippen molar-refractivity contribution in [2.45, 2.75) is 143 Å². The maximum atomic E-state index is 12.7. The molecule has 0 radical (unpaired) electrons. The van der Waals surface area contributed by atoms with Gasteiger partial charge in [0.1, 0.15) is 11.6 Å². The average molecular weight is 926 g/mol. The first-order chi connectivity index (χ1) is 34.2. The number of aromatic hydroxyl groups is 1. The monoisotopic (exact) mass is 926 g/mol. The summed E-state index contributed by atoms with van der Waals surface area (Å²) < 4.78 is 20.3. The number of hydrogen-bond donors (Lipinski definition) is 1. The van der Waals surface area contributed by atoms with Gasteiger partial charge in [-0.3, -0.25) is 9.55 Å². The van der Waals surface area contributed by atoms with E-state index in [1.807, 2.05) is 24.4 Å². The van der Waals surface area contributed by atoms with Crippen LogP contribution in [-0.2, 0) is 29.0 Å². The molecule has 2 aromatic heterocycles. The number of pyridine rings is 1. The number of rotatable bonds is 10. The molecule has 0 aliphatic heterocycles. The summed E-state index contributed by atoms with van der Waals surface area (Å²) in [7, 11) is 0. The van der Waals surface area contributed by atoms with Crippen LogP contribution in [0, 0.1) is 11.8 Å². The Balaban J connectivity index is 1.17. The SMILES string of the molecule is [2H]C([2H])(c1ccc(-c2ccnc(-c3cc(-c4cccc5c4nc(-c4cc(C(C)(C)C)cc(C(C)(C)C)c4O)n5-c4ccc(CC5CCCC5)cc4-c4ccccc4)cc(C(C)(C)C)c3)c2)cc1)C1CCCC1. The lowest BCUT2D eigenvalue weighted by Crippen LogP contribution is -2.17. The molecule has 70 heavy (non-hydrogen) atoms. The van der Waals surface area contributed by atoms with Crippen LogP contribution in [0.4, 0.5) is 0 Å². The van der Waals surface area contributed by atoms with Crippen molar-refractivity contribution in [2.24, 2.45) is 11.8 Å². The highest BCUT2D eigenvalue weighted by Gasteiger charge is 2.30. The maximum Gasteiger partial charge on any atom is 0.149 e. The van der Waals surface area contributed by atoms with Gasteiger partial charge in [-0.25, -0.2) is 4.98 Å². The molecule has 0 spiro atoms. The van der Waals surface area contributed by atoms with Crippen molar-refractivity contribution in [3.63, 3.8) is 0 Å². The molecule has 8 aromatic rings. The molecular weight excluding hydrogens is 851 g/mol. The van der Waals surface area contributed by atoms with Gasteiger partial charge < -0.3 is 5.11 Å². The molecule has 0 unspecified atom stereocenters. The minimum Gasteiger partial charge on any atom is -0.507 e. The van der Waals surface area contributed by atoms with Crippen LogP contribution in [0.1, 0.15) is 144 Å². The number of phenolic OH excluding ortho intramolecular Hbond substituents is 1. The Labute approximate surface area is 421 Å². The molecule has 2 fully saturated rings. The number of imidazole rings is 1. The van der Waals surface area contributed by atoms with Crippen LogP contribution in [0.3, 0.4) is 0 Å². The molecule has 2 aliphatic rings. The van der Waals surface area contributed by atoms with E-state index >= 15 is 0 Å². The molecule has 0 saturated heterocycles. The molecule has 0 atom stereocenters. The number of phenols is 1. The topological polar surface area (TPSA) is 50.9 Å². The second-order valence-electron chi connectivity index (χ2n) is 23.6. The molecule has 4 heteroatoms. The van der Waals surface area contributed by atoms with Crippen LogP contribution in [-0.4, -0.2) is 19.6 Å². The fourth-order valence-corrected chi connectivity index (χ4v) is 11.1. The Morgan fingerprint density at radius 3 is 1.89 bits per heavy atom. The van der Waals surface area contributed by atoms with Crippen LogP contribution < -0.4 is 0 Å². The van der Waals surface area contributed by atoms with Crippen LogP contribution in [0.15, 0.2) is 140 Å². The molecule has 2 saturated carbocycles. The van der Waals surface area contributed by atoms with Crippen LogP contribution in [0.25, 0.3) is 72.7 Å². The normalized spacial score (nSPS) is 15.7. The summed E-state index contributed by atoms with van der Waals surface area (Å²) in [5.74, 6) is 1.75. The summed E-state index contributed by atoms with van der Waals surface area (Å²) in [4.78, 5) is 10.7. The summed E-state index contributed by atoms with van der Waals surface area (Å²) in [5.41, 5.74) is 16.5. The molecule has 1 N–H and O–H groups in total. The van der Waals surface area contributed by atoms with Crippen LogP contribution in [0.2, 0.25) is 0 Å². The predicted octanol–water partition coefficient (Wildman–Crippen LogP) is 17.8. The van der Waals surface area contributed by atoms with Gasteiger partial charge in [-0.2, -0.15) is 0 Å². The van der Waals surface area contributed by atoms with E-state index < -0.39 is 6.37 Å². The molecule has 358 valence electrons. The first-order valence-electron chi connectivity index (χ1n) is 27.1. The Hall–Kier alpha value is -6.26. The second kappa shape index (κ2) is 18.8. The van der Waals surface area contributed by atoms with Gasteiger partial charge in [-0.15, -0.1) is 0 Å². The summed E-state index contributed by atoms with van der Waals surface area (Å²) in [6, 6.07) is 47.9. The van der Waals surface area contributed by atoms with Crippen LogP contribution in [0.5, 0.6) is 5.75 Å². The number of para-hydroxylation sites is 1.